The molecule has 2 atom stereocenters. The van der Waals surface area contributed by atoms with Crippen molar-refractivity contribution in [2.75, 3.05) is 26.3 Å². The van der Waals surface area contributed by atoms with Gasteiger partial charge in [0, 0.05) is 18.7 Å². The van der Waals surface area contributed by atoms with Gasteiger partial charge in [0.2, 0.25) is 5.88 Å². The van der Waals surface area contributed by atoms with Crippen LogP contribution in [0, 0.1) is 30.2 Å². The summed E-state index contributed by atoms with van der Waals surface area (Å²) in [5.74, 6) is 0.879. The summed E-state index contributed by atoms with van der Waals surface area (Å²) in [6.45, 7) is 24.7. The van der Waals surface area contributed by atoms with Gasteiger partial charge >= 0.3 is 12.1 Å². The lowest BCUT2D eigenvalue weighted by Crippen LogP contribution is -2.42. The lowest BCUT2D eigenvalue weighted by molar-refractivity contribution is -0.0467. The molecule has 2 fully saturated rings. The molecule has 236 valence electrons. The molecule has 1 N–H and O–H groups in total. The molecule has 1 aliphatic carbocycles. The molecule has 0 bridgehead atoms. The first-order chi connectivity index (χ1) is 20.9. The van der Waals surface area contributed by atoms with Gasteiger partial charge in [-0.25, -0.2) is 23.9 Å². The first-order valence-corrected chi connectivity index (χ1v) is 15.8. The quantitative estimate of drug-likeness (QED) is 0.235. The van der Waals surface area contributed by atoms with Crippen LogP contribution in [-0.4, -0.2) is 64.0 Å². The van der Waals surface area contributed by atoms with E-state index in [9.17, 15) is 9.59 Å². The largest absolute Gasteiger partial charge is 0.459 e. The smallest absolute Gasteiger partial charge is 0.415 e. The van der Waals surface area contributed by atoms with Crippen molar-refractivity contribution in [3.05, 3.63) is 46.8 Å². The summed E-state index contributed by atoms with van der Waals surface area (Å²) >= 11 is 0. The van der Waals surface area contributed by atoms with Crippen molar-refractivity contribution in [1.29, 1.82) is 0 Å². The Kier molecular flexibility index (Phi) is 9.07. The molecule has 1 aromatic carbocycles. The van der Waals surface area contributed by atoms with Gasteiger partial charge in [0.25, 0.3) is 5.69 Å². The lowest BCUT2D eigenvalue weighted by atomic mass is 9.70. The Morgan fingerprint density at radius 1 is 1.05 bits per heavy atom. The van der Waals surface area contributed by atoms with Gasteiger partial charge in [-0.2, -0.15) is 0 Å². The summed E-state index contributed by atoms with van der Waals surface area (Å²) in [5.41, 5.74) is 2.06. The Morgan fingerprint density at radius 3 is 2.20 bits per heavy atom. The molecular weight excluding hydrogens is 558 g/mol. The molecule has 0 spiro atoms. The normalized spacial score (nSPS) is 21.1. The number of esters is 1. The number of hydrogen-bond acceptors (Lipinski definition) is 6. The molecule has 2 aliphatic rings. The van der Waals surface area contributed by atoms with Crippen molar-refractivity contribution >= 4 is 23.4 Å². The van der Waals surface area contributed by atoms with Crippen LogP contribution in [-0.2, 0) is 14.9 Å². The first kappa shape index (κ1) is 31.6. The molecule has 1 aliphatic heterocycles. The van der Waals surface area contributed by atoms with Crippen LogP contribution >= 0.6 is 0 Å². The third-order valence-corrected chi connectivity index (χ3v) is 9.18. The van der Waals surface area contributed by atoms with Crippen LogP contribution in [0.15, 0.2) is 24.3 Å². The zero-order valence-electron chi connectivity index (χ0n) is 27.0. The van der Waals surface area contributed by atoms with Crippen LogP contribution in [0.25, 0.3) is 21.9 Å². The third-order valence-electron chi connectivity index (χ3n) is 9.18. The number of carbonyl (C=O) groups is 2. The van der Waals surface area contributed by atoms with Crippen molar-refractivity contribution in [3.63, 3.8) is 0 Å². The van der Waals surface area contributed by atoms with Gasteiger partial charge in [-0.3, -0.25) is 5.10 Å². The van der Waals surface area contributed by atoms with Crippen LogP contribution in [0.3, 0.4) is 0 Å². The topological polar surface area (TPSA) is 103 Å². The summed E-state index contributed by atoms with van der Waals surface area (Å²) in [6, 6.07) is 8.03. The number of hydrogen-bond donors (Lipinski definition) is 1. The van der Waals surface area contributed by atoms with E-state index in [0.717, 1.165) is 24.8 Å². The molecule has 2 unspecified atom stereocenters. The number of H-pyrrole nitrogens is 1. The van der Waals surface area contributed by atoms with E-state index >= 15 is 0 Å². The van der Waals surface area contributed by atoms with Crippen molar-refractivity contribution in [3.8, 4) is 17.3 Å². The maximum absolute atomic E-state index is 14.1. The number of aromatic amines is 1. The van der Waals surface area contributed by atoms with Gasteiger partial charge in [0.1, 0.15) is 11.7 Å². The number of amides is 1. The second-order valence-electron chi connectivity index (χ2n) is 13.8. The Labute approximate surface area is 259 Å². The highest BCUT2D eigenvalue weighted by molar-refractivity contribution is 6.05. The number of rotatable bonds is 6. The van der Waals surface area contributed by atoms with Crippen LogP contribution in [0.5, 0.6) is 5.88 Å². The van der Waals surface area contributed by atoms with Crippen molar-refractivity contribution in [1.82, 2.24) is 19.5 Å². The van der Waals surface area contributed by atoms with E-state index in [2.05, 4.69) is 58.4 Å². The number of aromatic nitrogens is 3. The molecule has 10 heteroatoms. The summed E-state index contributed by atoms with van der Waals surface area (Å²) in [4.78, 5) is 37.3. The van der Waals surface area contributed by atoms with E-state index in [1.165, 1.54) is 15.0 Å². The molecular formula is C34H45N5O5. The Balaban J connectivity index is 1.58. The van der Waals surface area contributed by atoms with Crippen LogP contribution in [0.4, 0.5) is 10.5 Å². The van der Waals surface area contributed by atoms with E-state index < -0.39 is 12.1 Å². The van der Waals surface area contributed by atoms with E-state index in [1.54, 1.807) is 0 Å². The zero-order valence-corrected chi connectivity index (χ0v) is 27.0. The molecule has 0 radical (unpaired) electrons. The van der Waals surface area contributed by atoms with Gasteiger partial charge < -0.3 is 19.1 Å². The summed E-state index contributed by atoms with van der Waals surface area (Å²) in [6.07, 6.45) is 2.17. The number of benzene rings is 1. The Morgan fingerprint density at radius 2 is 1.66 bits per heavy atom. The average Bonchev–Trinajstić information content (AvgIpc) is 3.54. The number of nitrogens with zero attached hydrogens (tertiary/aromatic N) is 4. The van der Waals surface area contributed by atoms with Crippen molar-refractivity contribution in [2.45, 2.75) is 79.2 Å². The molecule has 1 saturated heterocycles. The molecule has 3 heterocycles. The number of carbonyl (C=O) groups excluding carboxylic acids is 2. The lowest BCUT2D eigenvalue weighted by Gasteiger charge is -2.41. The number of fused-ring (bicyclic) bond motifs is 1. The first-order valence-electron chi connectivity index (χ1n) is 15.8. The standard InChI is InChI=1S/C34H45N5O5/c1-20(2)24-10-9-11-25(21(3)4)28(24)43-32(40)26-27(35-8)31(44-33(41)38-16-18-42-19-17-38)39-30(26)36-29(37-39)22-12-14-23(15-13-22)34(5,6)7/h12-15,20-21,24-25,28H,9-11,16-19H2,1-7H3,(H,36,37). The molecule has 5 rings (SSSR count). The highest BCUT2D eigenvalue weighted by Crippen LogP contribution is 2.43. The Bertz CT molecular complexity index is 1520. The minimum atomic E-state index is -0.619. The molecule has 3 aromatic rings. The fourth-order valence-corrected chi connectivity index (χ4v) is 6.53. The van der Waals surface area contributed by atoms with Crippen LogP contribution in [0.1, 0.15) is 83.7 Å². The van der Waals surface area contributed by atoms with Crippen LogP contribution in [0.2, 0.25) is 0 Å². The van der Waals surface area contributed by atoms with Gasteiger partial charge in [-0.1, -0.05) is 79.2 Å². The van der Waals surface area contributed by atoms with Crippen molar-refractivity contribution < 1.29 is 23.8 Å². The zero-order chi connectivity index (χ0) is 31.8. The molecule has 1 saturated carbocycles. The van der Waals surface area contributed by atoms with E-state index in [0.29, 0.717) is 44.0 Å². The predicted octanol–water partition coefficient (Wildman–Crippen LogP) is 7.26. The summed E-state index contributed by atoms with van der Waals surface area (Å²) in [5, 5.41) is 3.19. The fourth-order valence-electron chi connectivity index (χ4n) is 6.53. The maximum Gasteiger partial charge on any atom is 0.415 e. The summed E-state index contributed by atoms with van der Waals surface area (Å²) < 4.78 is 19.0. The van der Waals surface area contributed by atoms with Gasteiger partial charge in [-0.05, 0) is 47.5 Å². The third kappa shape index (κ3) is 6.20. The number of nitrogens with one attached hydrogen (secondary N) is 1. The van der Waals surface area contributed by atoms with Gasteiger partial charge in [-0.15, -0.1) is 0 Å². The second-order valence-corrected chi connectivity index (χ2v) is 13.8. The van der Waals surface area contributed by atoms with Crippen molar-refractivity contribution in [2.24, 2.45) is 23.7 Å². The fraction of sp³-hybridized carbons (Fsp3) is 0.588. The average molecular weight is 604 g/mol. The van der Waals surface area contributed by atoms with Gasteiger partial charge in [0.15, 0.2) is 11.5 Å². The SMILES string of the molecule is [C-]#[N+]c1c(C(=O)OC2C(C(C)C)CCCC2C(C)C)c2nc(-c3ccc(C(C)(C)C)cc3)[nH]n2c1OC(=O)N1CCOCC1. The minimum Gasteiger partial charge on any atom is -0.459 e. The Hall–Kier alpha value is -3.84. The van der Waals surface area contributed by atoms with E-state index in [1.807, 2.05) is 24.3 Å². The molecule has 10 nitrogen and oxygen atoms in total. The van der Waals surface area contributed by atoms with Crippen LogP contribution < -0.4 is 4.74 Å². The molecule has 44 heavy (non-hydrogen) atoms. The van der Waals surface area contributed by atoms with E-state index in [4.69, 9.17) is 25.8 Å². The molecule has 2 aromatic heterocycles. The highest BCUT2D eigenvalue weighted by atomic mass is 16.6. The second kappa shape index (κ2) is 12.6. The number of morpholine rings is 1. The monoisotopic (exact) mass is 603 g/mol. The number of ether oxygens (including phenoxy) is 3. The van der Waals surface area contributed by atoms with Gasteiger partial charge in [0.05, 0.1) is 19.8 Å². The summed E-state index contributed by atoms with van der Waals surface area (Å²) in [7, 11) is 0. The maximum atomic E-state index is 14.1. The molecule has 1 amide bonds. The van der Waals surface area contributed by atoms with E-state index in [-0.39, 0.29) is 46.1 Å². The predicted molar refractivity (Wildman–Crippen MR) is 168 cm³/mol. The minimum absolute atomic E-state index is 0.00850. The highest BCUT2D eigenvalue weighted by Gasteiger charge is 2.41.